The van der Waals surface area contributed by atoms with Crippen molar-refractivity contribution in [3.8, 4) is 0 Å². The SMILES string of the molecule is CNCc1cccc(N2CCCCC2)n1. The van der Waals surface area contributed by atoms with Gasteiger partial charge in [0.1, 0.15) is 5.82 Å². The van der Waals surface area contributed by atoms with E-state index in [0.717, 1.165) is 31.1 Å². The molecule has 0 aliphatic carbocycles. The van der Waals surface area contributed by atoms with Crippen LogP contribution in [0.2, 0.25) is 0 Å². The van der Waals surface area contributed by atoms with Crippen LogP contribution in [0.5, 0.6) is 0 Å². The Morgan fingerprint density at radius 2 is 2.07 bits per heavy atom. The molecule has 0 spiro atoms. The molecule has 2 rings (SSSR count). The van der Waals surface area contributed by atoms with Gasteiger partial charge in [0.25, 0.3) is 0 Å². The maximum absolute atomic E-state index is 4.65. The molecule has 3 nitrogen and oxygen atoms in total. The Kier molecular flexibility index (Phi) is 3.56. The lowest BCUT2D eigenvalue weighted by atomic mass is 10.1. The minimum absolute atomic E-state index is 0.849. The third kappa shape index (κ3) is 2.69. The second-order valence-electron chi connectivity index (χ2n) is 4.07. The summed E-state index contributed by atoms with van der Waals surface area (Å²) >= 11 is 0. The first-order valence-electron chi connectivity index (χ1n) is 5.75. The molecular formula is C12H19N3. The van der Waals surface area contributed by atoms with Crippen molar-refractivity contribution >= 4 is 5.82 Å². The molecule has 1 aliphatic rings. The van der Waals surface area contributed by atoms with Crippen LogP contribution in [0.4, 0.5) is 5.82 Å². The molecule has 1 N–H and O–H groups in total. The molecule has 0 amide bonds. The number of aromatic nitrogens is 1. The molecule has 1 aromatic heterocycles. The van der Waals surface area contributed by atoms with Gasteiger partial charge in [-0.25, -0.2) is 4.98 Å². The number of hydrogen-bond acceptors (Lipinski definition) is 3. The number of anilines is 1. The number of pyridine rings is 1. The summed E-state index contributed by atoms with van der Waals surface area (Å²) in [4.78, 5) is 7.04. The van der Waals surface area contributed by atoms with Crippen molar-refractivity contribution < 1.29 is 0 Å². The van der Waals surface area contributed by atoms with E-state index >= 15 is 0 Å². The maximum atomic E-state index is 4.65. The van der Waals surface area contributed by atoms with E-state index in [4.69, 9.17) is 0 Å². The number of rotatable bonds is 3. The summed E-state index contributed by atoms with van der Waals surface area (Å²) in [6.45, 7) is 3.17. The van der Waals surface area contributed by atoms with Crippen LogP contribution in [0.15, 0.2) is 18.2 Å². The molecule has 0 saturated carbocycles. The minimum atomic E-state index is 0.849. The van der Waals surface area contributed by atoms with Gasteiger partial charge in [0.15, 0.2) is 0 Å². The van der Waals surface area contributed by atoms with E-state index in [-0.39, 0.29) is 0 Å². The van der Waals surface area contributed by atoms with Gasteiger partial charge in [-0.1, -0.05) is 6.07 Å². The summed E-state index contributed by atoms with van der Waals surface area (Å²) in [5.41, 5.74) is 1.13. The topological polar surface area (TPSA) is 28.2 Å². The fraction of sp³-hybridized carbons (Fsp3) is 0.583. The molecule has 3 heteroatoms. The molecule has 15 heavy (non-hydrogen) atoms. The second kappa shape index (κ2) is 5.12. The van der Waals surface area contributed by atoms with Crippen LogP contribution in [-0.4, -0.2) is 25.1 Å². The highest BCUT2D eigenvalue weighted by Gasteiger charge is 2.11. The van der Waals surface area contributed by atoms with Gasteiger partial charge < -0.3 is 10.2 Å². The first-order chi connectivity index (χ1) is 7.40. The van der Waals surface area contributed by atoms with Gasteiger partial charge in [0, 0.05) is 19.6 Å². The maximum Gasteiger partial charge on any atom is 0.128 e. The Morgan fingerprint density at radius 1 is 1.27 bits per heavy atom. The van der Waals surface area contributed by atoms with Crippen molar-refractivity contribution in [2.45, 2.75) is 25.8 Å². The second-order valence-corrected chi connectivity index (χ2v) is 4.07. The van der Waals surface area contributed by atoms with E-state index in [1.165, 1.54) is 19.3 Å². The van der Waals surface area contributed by atoms with Crippen molar-refractivity contribution in [3.63, 3.8) is 0 Å². The van der Waals surface area contributed by atoms with E-state index < -0.39 is 0 Å². The van der Waals surface area contributed by atoms with Gasteiger partial charge in [-0.2, -0.15) is 0 Å². The quantitative estimate of drug-likeness (QED) is 0.815. The molecule has 1 saturated heterocycles. The van der Waals surface area contributed by atoms with E-state index in [0.29, 0.717) is 0 Å². The molecule has 1 aliphatic heterocycles. The summed E-state index contributed by atoms with van der Waals surface area (Å²) in [6, 6.07) is 6.29. The van der Waals surface area contributed by atoms with E-state index in [9.17, 15) is 0 Å². The van der Waals surface area contributed by atoms with Crippen molar-refractivity contribution in [2.24, 2.45) is 0 Å². The average Bonchev–Trinajstić information content (AvgIpc) is 2.31. The zero-order valence-corrected chi connectivity index (χ0v) is 9.37. The lowest BCUT2D eigenvalue weighted by Gasteiger charge is -2.27. The molecule has 0 aromatic carbocycles. The minimum Gasteiger partial charge on any atom is -0.357 e. The molecule has 0 bridgehead atoms. The zero-order valence-electron chi connectivity index (χ0n) is 9.37. The molecular weight excluding hydrogens is 186 g/mol. The molecule has 2 heterocycles. The van der Waals surface area contributed by atoms with Crippen LogP contribution in [-0.2, 0) is 6.54 Å². The Morgan fingerprint density at radius 3 is 2.80 bits per heavy atom. The van der Waals surface area contributed by atoms with E-state index in [1.807, 2.05) is 7.05 Å². The lowest BCUT2D eigenvalue weighted by Crippen LogP contribution is -2.30. The third-order valence-corrected chi connectivity index (χ3v) is 2.83. The highest BCUT2D eigenvalue weighted by atomic mass is 15.2. The van der Waals surface area contributed by atoms with Crippen molar-refractivity contribution in [3.05, 3.63) is 23.9 Å². The van der Waals surface area contributed by atoms with Gasteiger partial charge >= 0.3 is 0 Å². The molecule has 0 atom stereocenters. The monoisotopic (exact) mass is 205 g/mol. The fourth-order valence-corrected chi connectivity index (χ4v) is 2.05. The molecule has 1 aromatic rings. The zero-order chi connectivity index (χ0) is 10.5. The van der Waals surface area contributed by atoms with Crippen LogP contribution >= 0.6 is 0 Å². The Bertz CT molecular complexity index is 305. The van der Waals surface area contributed by atoms with Crippen LogP contribution in [0.1, 0.15) is 25.0 Å². The Hall–Kier alpha value is -1.09. The molecule has 82 valence electrons. The standard InChI is InChI=1S/C12H19N3/c1-13-10-11-6-5-7-12(14-11)15-8-3-2-4-9-15/h5-7,13H,2-4,8-10H2,1H3. The first-order valence-corrected chi connectivity index (χ1v) is 5.75. The Balaban J connectivity index is 2.09. The molecule has 0 radical (unpaired) electrons. The first kappa shape index (κ1) is 10.4. The van der Waals surface area contributed by atoms with Gasteiger partial charge in [0.2, 0.25) is 0 Å². The average molecular weight is 205 g/mol. The van der Waals surface area contributed by atoms with Gasteiger partial charge in [0.05, 0.1) is 5.69 Å². The number of nitrogens with zero attached hydrogens (tertiary/aromatic N) is 2. The lowest BCUT2D eigenvalue weighted by molar-refractivity contribution is 0.572. The smallest absolute Gasteiger partial charge is 0.128 e. The summed E-state index contributed by atoms with van der Waals surface area (Å²) < 4.78 is 0. The van der Waals surface area contributed by atoms with Crippen LogP contribution < -0.4 is 10.2 Å². The molecule has 0 unspecified atom stereocenters. The largest absolute Gasteiger partial charge is 0.357 e. The summed E-state index contributed by atoms with van der Waals surface area (Å²) in [5, 5.41) is 3.13. The highest BCUT2D eigenvalue weighted by Crippen LogP contribution is 2.17. The summed E-state index contributed by atoms with van der Waals surface area (Å²) in [7, 11) is 1.95. The van der Waals surface area contributed by atoms with Crippen molar-refractivity contribution in [1.82, 2.24) is 10.3 Å². The fourth-order valence-electron chi connectivity index (χ4n) is 2.05. The van der Waals surface area contributed by atoms with Crippen LogP contribution in [0, 0.1) is 0 Å². The van der Waals surface area contributed by atoms with Crippen LogP contribution in [0.3, 0.4) is 0 Å². The van der Waals surface area contributed by atoms with Gasteiger partial charge in [-0.15, -0.1) is 0 Å². The predicted octanol–water partition coefficient (Wildman–Crippen LogP) is 1.79. The predicted molar refractivity (Wildman–Crippen MR) is 63.1 cm³/mol. The summed E-state index contributed by atoms with van der Waals surface area (Å²) in [6.07, 6.45) is 3.97. The van der Waals surface area contributed by atoms with Crippen molar-refractivity contribution in [1.29, 1.82) is 0 Å². The number of nitrogens with one attached hydrogen (secondary N) is 1. The molecule has 1 fully saturated rings. The number of hydrogen-bond donors (Lipinski definition) is 1. The third-order valence-electron chi connectivity index (χ3n) is 2.83. The van der Waals surface area contributed by atoms with E-state index in [1.54, 1.807) is 0 Å². The van der Waals surface area contributed by atoms with Crippen LogP contribution in [0.25, 0.3) is 0 Å². The van der Waals surface area contributed by atoms with Crippen molar-refractivity contribution in [2.75, 3.05) is 25.0 Å². The highest BCUT2D eigenvalue weighted by molar-refractivity contribution is 5.39. The number of piperidine rings is 1. The summed E-state index contributed by atoms with van der Waals surface area (Å²) in [5.74, 6) is 1.14. The normalized spacial score (nSPS) is 16.7. The van der Waals surface area contributed by atoms with E-state index in [2.05, 4.69) is 33.4 Å². The van der Waals surface area contributed by atoms with Gasteiger partial charge in [-0.3, -0.25) is 0 Å². The Labute approximate surface area is 91.5 Å². The van der Waals surface area contributed by atoms with Gasteiger partial charge in [-0.05, 0) is 38.4 Å².